The third-order valence-electron chi connectivity index (χ3n) is 3.60. The van der Waals surface area contributed by atoms with Gasteiger partial charge in [-0.05, 0) is 18.8 Å². The fourth-order valence-electron chi connectivity index (χ4n) is 2.45. The largest absolute Gasteiger partial charge is 0.371 e. The molecule has 1 aromatic rings. The first-order valence-corrected chi connectivity index (χ1v) is 6.42. The first-order valence-electron chi connectivity index (χ1n) is 6.42. The first-order chi connectivity index (χ1) is 8.61. The number of aromatic nitrogens is 1. The second-order valence-corrected chi connectivity index (χ2v) is 4.91. The molecule has 0 bridgehead atoms. The van der Waals surface area contributed by atoms with E-state index in [-0.39, 0.29) is 17.7 Å². The number of anilines is 2. The molecule has 2 N–H and O–H groups in total. The van der Waals surface area contributed by atoms with Crippen molar-refractivity contribution in [1.29, 1.82) is 0 Å². The van der Waals surface area contributed by atoms with Crippen molar-refractivity contribution < 1.29 is 8.78 Å². The molecule has 3 nitrogen and oxygen atoms in total. The molecule has 0 spiro atoms. The highest BCUT2D eigenvalue weighted by Gasteiger charge is 2.23. The van der Waals surface area contributed by atoms with E-state index in [1.807, 2.05) is 0 Å². The van der Waals surface area contributed by atoms with Crippen LogP contribution in [0.2, 0.25) is 0 Å². The normalized spacial score (nSPS) is 23.8. The van der Waals surface area contributed by atoms with Crippen molar-refractivity contribution in [2.45, 2.75) is 38.6 Å². The van der Waals surface area contributed by atoms with Gasteiger partial charge >= 0.3 is 0 Å². The average molecular weight is 255 g/mol. The molecule has 1 heterocycles. The molecule has 2 unspecified atom stereocenters. The van der Waals surface area contributed by atoms with Gasteiger partial charge in [-0.2, -0.15) is 0 Å². The maximum atomic E-state index is 13.7. The van der Waals surface area contributed by atoms with Crippen LogP contribution in [0.1, 0.15) is 32.6 Å². The molecule has 1 saturated carbocycles. The molecule has 1 aliphatic rings. The number of hydrogen-bond donors (Lipinski definition) is 2. The van der Waals surface area contributed by atoms with E-state index in [0.717, 1.165) is 25.3 Å². The van der Waals surface area contributed by atoms with Crippen molar-refractivity contribution >= 4 is 11.6 Å². The van der Waals surface area contributed by atoms with Gasteiger partial charge < -0.3 is 10.6 Å². The highest BCUT2D eigenvalue weighted by molar-refractivity contribution is 5.47. The second kappa shape index (κ2) is 5.50. The van der Waals surface area contributed by atoms with E-state index >= 15 is 0 Å². The molecule has 18 heavy (non-hydrogen) atoms. The minimum absolute atomic E-state index is 0.0716. The standard InChI is InChI=1S/C13H19F2N3/c1-8-5-3-4-6-11(8)17-13-10(15)7-9(14)12(16-2)18-13/h7-8,11H,3-6H2,1-2H3,(H2,16,17,18). The van der Waals surface area contributed by atoms with Gasteiger partial charge in [0.15, 0.2) is 23.3 Å². The summed E-state index contributed by atoms with van der Waals surface area (Å²) >= 11 is 0. The van der Waals surface area contributed by atoms with E-state index in [1.54, 1.807) is 7.05 Å². The molecular weight excluding hydrogens is 236 g/mol. The van der Waals surface area contributed by atoms with Crippen LogP contribution in [-0.2, 0) is 0 Å². The summed E-state index contributed by atoms with van der Waals surface area (Å²) in [6.45, 7) is 2.15. The molecule has 0 radical (unpaired) electrons. The molecule has 0 aromatic carbocycles. The van der Waals surface area contributed by atoms with Gasteiger partial charge in [0.25, 0.3) is 0 Å². The van der Waals surface area contributed by atoms with Gasteiger partial charge in [-0.25, -0.2) is 13.8 Å². The summed E-state index contributed by atoms with van der Waals surface area (Å²) in [6.07, 6.45) is 4.51. The fraction of sp³-hybridized carbons (Fsp3) is 0.615. The Morgan fingerprint density at radius 2 is 1.83 bits per heavy atom. The van der Waals surface area contributed by atoms with Crippen LogP contribution >= 0.6 is 0 Å². The van der Waals surface area contributed by atoms with Crippen molar-refractivity contribution in [1.82, 2.24) is 4.98 Å². The maximum absolute atomic E-state index is 13.7. The maximum Gasteiger partial charge on any atom is 0.168 e. The minimum atomic E-state index is -0.669. The molecule has 0 saturated heterocycles. The van der Waals surface area contributed by atoms with Gasteiger partial charge in [-0.1, -0.05) is 19.8 Å². The molecule has 0 amide bonds. The zero-order valence-electron chi connectivity index (χ0n) is 10.8. The van der Waals surface area contributed by atoms with E-state index in [4.69, 9.17) is 0 Å². The summed E-state index contributed by atoms with van der Waals surface area (Å²) in [5.41, 5.74) is 0. The number of nitrogens with zero attached hydrogens (tertiary/aromatic N) is 1. The molecule has 1 fully saturated rings. The molecule has 100 valence electrons. The van der Waals surface area contributed by atoms with Crippen LogP contribution in [-0.4, -0.2) is 18.1 Å². The molecule has 1 aliphatic carbocycles. The molecule has 1 aromatic heterocycles. The van der Waals surface area contributed by atoms with E-state index in [1.165, 1.54) is 6.42 Å². The Labute approximate surface area is 106 Å². The quantitative estimate of drug-likeness (QED) is 0.869. The lowest BCUT2D eigenvalue weighted by atomic mass is 9.86. The number of pyridine rings is 1. The first kappa shape index (κ1) is 13.1. The van der Waals surface area contributed by atoms with E-state index in [2.05, 4.69) is 22.5 Å². The van der Waals surface area contributed by atoms with Crippen LogP contribution in [0.3, 0.4) is 0 Å². The zero-order valence-corrected chi connectivity index (χ0v) is 10.8. The van der Waals surface area contributed by atoms with Gasteiger partial charge in [-0.15, -0.1) is 0 Å². The van der Waals surface area contributed by atoms with Crippen molar-refractivity contribution in [2.75, 3.05) is 17.7 Å². The van der Waals surface area contributed by atoms with Gasteiger partial charge in [0.2, 0.25) is 0 Å². The Bertz CT molecular complexity index is 423. The molecule has 0 aliphatic heterocycles. The SMILES string of the molecule is CNc1nc(NC2CCCCC2C)c(F)cc1F. The highest BCUT2D eigenvalue weighted by Crippen LogP contribution is 2.28. The number of halogens is 2. The summed E-state index contributed by atoms with van der Waals surface area (Å²) < 4.78 is 26.9. The summed E-state index contributed by atoms with van der Waals surface area (Å²) in [5.74, 6) is -0.605. The van der Waals surface area contributed by atoms with E-state index in [0.29, 0.717) is 5.92 Å². The van der Waals surface area contributed by atoms with Gasteiger partial charge in [0.1, 0.15) is 0 Å². The smallest absolute Gasteiger partial charge is 0.168 e. The zero-order chi connectivity index (χ0) is 13.1. The van der Waals surface area contributed by atoms with Crippen LogP contribution in [0.4, 0.5) is 20.4 Å². The summed E-state index contributed by atoms with van der Waals surface area (Å²) in [4.78, 5) is 3.95. The Morgan fingerprint density at radius 3 is 2.50 bits per heavy atom. The third-order valence-corrected chi connectivity index (χ3v) is 3.60. The Kier molecular flexibility index (Phi) is 3.99. The number of nitrogens with one attached hydrogen (secondary N) is 2. The summed E-state index contributed by atoms with van der Waals surface area (Å²) in [7, 11) is 1.57. The molecule has 2 rings (SSSR count). The van der Waals surface area contributed by atoms with Gasteiger partial charge in [-0.3, -0.25) is 0 Å². The van der Waals surface area contributed by atoms with Crippen molar-refractivity contribution in [3.8, 4) is 0 Å². The van der Waals surface area contributed by atoms with Crippen molar-refractivity contribution in [3.05, 3.63) is 17.7 Å². The van der Waals surface area contributed by atoms with Crippen molar-refractivity contribution in [2.24, 2.45) is 5.92 Å². The van der Waals surface area contributed by atoms with E-state index in [9.17, 15) is 8.78 Å². The minimum Gasteiger partial charge on any atom is -0.371 e. The second-order valence-electron chi connectivity index (χ2n) is 4.91. The lowest BCUT2D eigenvalue weighted by Gasteiger charge is -2.30. The Morgan fingerprint density at radius 1 is 1.17 bits per heavy atom. The Hall–Kier alpha value is -1.39. The molecule has 5 heteroatoms. The number of hydrogen-bond acceptors (Lipinski definition) is 3. The van der Waals surface area contributed by atoms with Gasteiger partial charge in [0, 0.05) is 19.2 Å². The van der Waals surface area contributed by atoms with Crippen LogP contribution in [0.5, 0.6) is 0 Å². The summed E-state index contributed by atoms with van der Waals surface area (Å²) in [5, 5.41) is 5.73. The van der Waals surface area contributed by atoms with Crippen molar-refractivity contribution in [3.63, 3.8) is 0 Å². The van der Waals surface area contributed by atoms with E-state index < -0.39 is 11.6 Å². The predicted octanol–water partition coefficient (Wildman–Crippen LogP) is 3.39. The van der Waals surface area contributed by atoms with Crippen LogP contribution < -0.4 is 10.6 Å². The van der Waals surface area contributed by atoms with Gasteiger partial charge in [0.05, 0.1) is 0 Å². The topological polar surface area (TPSA) is 37.0 Å². The monoisotopic (exact) mass is 255 g/mol. The molecule has 2 atom stereocenters. The fourth-order valence-corrected chi connectivity index (χ4v) is 2.45. The lowest BCUT2D eigenvalue weighted by Crippen LogP contribution is -2.31. The van der Waals surface area contributed by atoms with Crippen LogP contribution in [0.25, 0.3) is 0 Å². The Balaban J connectivity index is 2.17. The highest BCUT2D eigenvalue weighted by atomic mass is 19.1. The summed E-state index contributed by atoms with van der Waals surface area (Å²) in [6, 6.07) is 1.09. The lowest BCUT2D eigenvalue weighted by molar-refractivity contribution is 0.348. The predicted molar refractivity (Wildman–Crippen MR) is 68.7 cm³/mol. The average Bonchev–Trinajstić information content (AvgIpc) is 2.35. The third kappa shape index (κ3) is 2.71. The van der Waals surface area contributed by atoms with Crippen LogP contribution in [0.15, 0.2) is 6.07 Å². The van der Waals surface area contributed by atoms with Crippen LogP contribution in [0, 0.1) is 17.6 Å². The number of rotatable bonds is 3. The molecular formula is C13H19F2N3.